The summed E-state index contributed by atoms with van der Waals surface area (Å²) in [5.74, 6) is -0.877. The lowest BCUT2D eigenvalue weighted by Crippen LogP contribution is -2.14. The molecule has 2 rings (SSSR count). The summed E-state index contributed by atoms with van der Waals surface area (Å²) >= 11 is 1.33. The number of nitrogens with zero attached hydrogens (tertiary/aromatic N) is 1. The van der Waals surface area contributed by atoms with Gasteiger partial charge in [0.15, 0.2) is 0 Å². The fourth-order valence-corrected chi connectivity index (χ4v) is 2.41. The summed E-state index contributed by atoms with van der Waals surface area (Å²) in [5, 5.41) is 4.38. The second-order valence-electron chi connectivity index (χ2n) is 4.91. The van der Waals surface area contributed by atoms with E-state index >= 15 is 0 Å². The van der Waals surface area contributed by atoms with Crippen molar-refractivity contribution >= 4 is 29.0 Å². The van der Waals surface area contributed by atoms with Crippen LogP contribution in [-0.4, -0.2) is 10.9 Å². The number of anilines is 1. The molecule has 0 aliphatic heterocycles. The van der Waals surface area contributed by atoms with Crippen molar-refractivity contribution < 1.29 is 31.1 Å². The van der Waals surface area contributed by atoms with Gasteiger partial charge in [0.1, 0.15) is 0 Å². The number of thiazole rings is 1. The topological polar surface area (TPSA) is 42.0 Å². The number of nitrogens with one attached hydrogen (secondary N) is 1. The van der Waals surface area contributed by atoms with Gasteiger partial charge >= 0.3 is 12.4 Å². The van der Waals surface area contributed by atoms with Crippen LogP contribution < -0.4 is 5.32 Å². The molecule has 134 valence electrons. The van der Waals surface area contributed by atoms with Crippen molar-refractivity contribution in [2.75, 3.05) is 5.32 Å². The first-order valence-corrected chi connectivity index (χ1v) is 7.54. The van der Waals surface area contributed by atoms with Crippen LogP contribution in [0.4, 0.5) is 32.0 Å². The molecule has 0 fully saturated rings. The van der Waals surface area contributed by atoms with E-state index in [0.717, 1.165) is 11.1 Å². The molecule has 0 radical (unpaired) electrons. The quantitative estimate of drug-likeness (QED) is 0.592. The predicted octanol–water partition coefficient (Wildman–Crippen LogP) is 5.14. The Morgan fingerprint density at radius 3 is 2.08 bits per heavy atom. The Labute approximate surface area is 142 Å². The molecule has 0 saturated carbocycles. The van der Waals surface area contributed by atoms with Gasteiger partial charge in [0, 0.05) is 17.1 Å². The summed E-state index contributed by atoms with van der Waals surface area (Å²) in [6.07, 6.45) is -7.68. The summed E-state index contributed by atoms with van der Waals surface area (Å²) in [7, 11) is 0. The monoisotopic (exact) mass is 380 g/mol. The van der Waals surface area contributed by atoms with E-state index in [9.17, 15) is 31.1 Å². The van der Waals surface area contributed by atoms with Crippen molar-refractivity contribution in [1.82, 2.24) is 4.98 Å². The van der Waals surface area contributed by atoms with Crippen molar-refractivity contribution in [2.45, 2.75) is 19.3 Å². The van der Waals surface area contributed by atoms with Crippen LogP contribution in [0.3, 0.4) is 0 Å². The Bertz CT molecular complexity index is 775. The lowest BCUT2D eigenvalue weighted by atomic mass is 10.1. The molecule has 10 heteroatoms. The highest BCUT2D eigenvalue weighted by Gasteiger charge is 2.37. The molecular weight excluding hydrogens is 370 g/mol. The minimum absolute atomic E-state index is 0.0104. The predicted molar refractivity (Wildman–Crippen MR) is 81.0 cm³/mol. The van der Waals surface area contributed by atoms with E-state index in [4.69, 9.17) is 0 Å². The summed E-state index contributed by atoms with van der Waals surface area (Å²) in [6, 6.07) is 0.867. The van der Waals surface area contributed by atoms with Crippen LogP contribution in [0.5, 0.6) is 0 Å². The van der Waals surface area contributed by atoms with Crippen LogP contribution in [0.15, 0.2) is 29.7 Å². The van der Waals surface area contributed by atoms with E-state index in [1.807, 2.05) is 5.32 Å². The molecule has 2 aromatic rings. The molecule has 0 unspecified atom stereocenters. The van der Waals surface area contributed by atoms with Gasteiger partial charge < -0.3 is 5.32 Å². The van der Waals surface area contributed by atoms with E-state index in [1.54, 1.807) is 12.3 Å². The second kappa shape index (κ2) is 6.87. The molecule has 0 atom stereocenters. The van der Waals surface area contributed by atoms with Crippen LogP contribution in [0.1, 0.15) is 21.8 Å². The molecule has 1 aromatic carbocycles. The van der Waals surface area contributed by atoms with Crippen molar-refractivity contribution in [3.8, 4) is 0 Å². The number of carbonyl (C=O) groups excluding carboxylic acids is 1. The van der Waals surface area contributed by atoms with E-state index < -0.39 is 35.1 Å². The minimum atomic E-state index is -4.98. The average molecular weight is 380 g/mol. The van der Waals surface area contributed by atoms with E-state index in [0.29, 0.717) is 17.8 Å². The van der Waals surface area contributed by atoms with Gasteiger partial charge in [0.2, 0.25) is 5.91 Å². The molecule has 1 N–H and O–H groups in total. The van der Waals surface area contributed by atoms with Crippen molar-refractivity contribution in [1.29, 1.82) is 0 Å². The highest BCUT2D eigenvalue weighted by molar-refractivity contribution is 7.09. The molecule has 0 bridgehead atoms. The molecule has 0 spiro atoms. The largest absolute Gasteiger partial charge is 0.416 e. The van der Waals surface area contributed by atoms with Gasteiger partial charge in [-0.15, -0.1) is 11.3 Å². The van der Waals surface area contributed by atoms with Crippen LogP contribution in [0.25, 0.3) is 6.08 Å². The van der Waals surface area contributed by atoms with Gasteiger partial charge in [0.25, 0.3) is 0 Å². The number of alkyl halides is 6. The van der Waals surface area contributed by atoms with Crippen molar-refractivity contribution in [3.63, 3.8) is 0 Å². The van der Waals surface area contributed by atoms with Crippen LogP contribution in [0.2, 0.25) is 0 Å². The highest BCUT2D eigenvalue weighted by atomic mass is 32.1. The van der Waals surface area contributed by atoms with Crippen LogP contribution in [-0.2, 0) is 17.1 Å². The third-order valence-electron chi connectivity index (χ3n) is 2.90. The first-order valence-electron chi connectivity index (χ1n) is 6.66. The van der Waals surface area contributed by atoms with Crippen LogP contribution >= 0.6 is 11.3 Å². The summed E-state index contributed by atoms with van der Waals surface area (Å²) in [6.45, 7) is 1.74. The maximum Gasteiger partial charge on any atom is 0.416 e. The number of benzene rings is 1. The Balaban J connectivity index is 2.25. The van der Waals surface area contributed by atoms with Gasteiger partial charge in [0.05, 0.1) is 21.8 Å². The van der Waals surface area contributed by atoms with Crippen LogP contribution in [0, 0.1) is 6.92 Å². The molecule has 3 nitrogen and oxygen atoms in total. The molecule has 1 aromatic heterocycles. The zero-order chi connectivity index (χ0) is 18.8. The van der Waals surface area contributed by atoms with E-state index in [1.165, 1.54) is 17.4 Å². The average Bonchev–Trinajstić information content (AvgIpc) is 2.89. The molecule has 1 heterocycles. The fourth-order valence-electron chi connectivity index (χ4n) is 1.83. The maximum absolute atomic E-state index is 12.7. The SMILES string of the molecule is Cc1nc(/C=C\C(=O)Nc2cc(C(F)(F)F)cc(C(F)(F)F)c2)cs1. The maximum atomic E-state index is 12.7. The number of aromatic nitrogens is 1. The van der Waals surface area contributed by atoms with Gasteiger partial charge in [-0.05, 0) is 31.2 Å². The van der Waals surface area contributed by atoms with Gasteiger partial charge in [-0.1, -0.05) is 0 Å². The van der Waals surface area contributed by atoms with Gasteiger partial charge in [-0.2, -0.15) is 26.3 Å². The molecule has 0 aliphatic carbocycles. The number of amides is 1. The van der Waals surface area contributed by atoms with Gasteiger partial charge in [-0.3, -0.25) is 4.79 Å². The summed E-state index contributed by atoms with van der Waals surface area (Å²) in [5.41, 5.74) is -3.16. The fraction of sp³-hybridized carbons (Fsp3) is 0.200. The molecule has 1 amide bonds. The second-order valence-corrected chi connectivity index (χ2v) is 5.97. The molecule has 0 saturated heterocycles. The Morgan fingerprint density at radius 2 is 1.64 bits per heavy atom. The standard InChI is InChI=1S/C15H10F6N2OS/c1-8-22-11(7-25-8)2-3-13(24)23-12-5-9(14(16,17)18)4-10(6-12)15(19,20)21/h2-7H,1H3,(H,23,24)/b3-2-. The molecule has 25 heavy (non-hydrogen) atoms. The smallest absolute Gasteiger partial charge is 0.322 e. The first kappa shape index (κ1) is 19.0. The van der Waals surface area contributed by atoms with E-state index in [2.05, 4.69) is 4.98 Å². The number of hydrogen-bond acceptors (Lipinski definition) is 3. The Kier molecular flexibility index (Phi) is 5.21. The zero-order valence-corrected chi connectivity index (χ0v) is 13.3. The van der Waals surface area contributed by atoms with Crippen molar-refractivity contribution in [3.05, 3.63) is 51.5 Å². The third-order valence-corrected chi connectivity index (χ3v) is 3.69. The number of hydrogen-bond donors (Lipinski definition) is 1. The minimum Gasteiger partial charge on any atom is -0.322 e. The lowest BCUT2D eigenvalue weighted by Gasteiger charge is -2.14. The molecular formula is C15H10F6N2OS. The lowest BCUT2D eigenvalue weighted by molar-refractivity contribution is -0.143. The van der Waals surface area contributed by atoms with Gasteiger partial charge in [-0.25, -0.2) is 4.98 Å². The normalized spacial score (nSPS) is 12.6. The van der Waals surface area contributed by atoms with Crippen molar-refractivity contribution in [2.24, 2.45) is 0 Å². The molecule has 0 aliphatic rings. The highest BCUT2D eigenvalue weighted by Crippen LogP contribution is 2.37. The number of rotatable bonds is 3. The summed E-state index contributed by atoms with van der Waals surface area (Å²) < 4.78 is 76.5. The zero-order valence-electron chi connectivity index (χ0n) is 12.5. The third kappa shape index (κ3) is 5.31. The summed E-state index contributed by atoms with van der Waals surface area (Å²) in [4.78, 5) is 15.8. The first-order chi connectivity index (χ1) is 11.4. The number of halogens is 6. The Morgan fingerprint density at radius 1 is 1.08 bits per heavy atom. The number of aryl methyl sites for hydroxylation is 1. The Hall–Kier alpha value is -2.36. The number of carbonyl (C=O) groups is 1. The van der Waals surface area contributed by atoms with E-state index in [-0.39, 0.29) is 6.07 Å².